The summed E-state index contributed by atoms with van der Waals surface area (Å²) in [5, 5.41) is 13.6. The molecular weight excluding hydrogens is 450 g/mol. The first-order valence-electron chi connectivity index (χ1n) is 9.56. The number of non-ortho nitro benzene ring substituents is 1. The molecule has 0 aromatic heterocycles. The Bertz CT molecular complexity index is 1320. The van der Waals surface area contributed by atoms with Gasteiger partial charge in [-0.25, -0.2) is 13.2 Å². The third-order valence-electron chi connectivity index (χ3n) is 4.48. The Morgan fingerprint density at radius 2 is 1.64 bits per heavy atom. The highest BCUT2D eigenvalue weighted by Gasteiger charge is 2.22. The molecule has 0 saturated heterocycles. The molecule has 3 aromatic carbocycles. The summed E-state index contributed by atoms with van der Waals surface area (Å²) < 4.78 is 32.7. The molecule has 3 rings (SSSR count). The molecule has 0 bridgehead atoms. The number of aryl methyl sites for hydroxylation is 1. The van der Waals surface area contributed by atoms with Crippen molar-refractivity contribution in [2.75, 3.05) is 16.6 Å². The topological polar surface area (TPSA) is 145 Å². The highest BCUT2D eigenvalue weighted by molar-refractivity contribution is 7.92. The van der Waals surface area contributed by atoms with Crippen LogP contribution in [0.1, 0.15) is 15.9 Å². The number of hydrogen-bond acceptors (Lipinski definition) is 7. The van der Waals surface area contributed by atoms with E-state index in [1.165, 1.54) is 36.4 Å². The third kappa shape index (κ3) is 5.92. The molecule has 11 heteroatoms. The largest absolute Gasteiger partial charge is 0.452 e. The predicted octanol–water partition coefficient (Wildman–Crippen LogP) is 3.50. The summed E-state index contributed by atoms with van der Waals surface area (Å²) in [7, 11) is -4.24. The van der Waals surface area contributed by atoms with E-state index < -0.39 is 39.1 Å². The van der Waals surface area contributed by atoms with Gasteiger partial charge in [-0.1, -0.05) is 36.4 Å². The van der Waals surface area contributed by atoms with Crippen molar-refractivity contribution in [1.29, 1.82) is 0 Å². The third-order valence-corrected chi connectivity index (χ3v) is 5.85. The summed E-state index contributed by atoms with van der Waals surface area (Å²) in [4.78, 5) is 34.5. The molecule has 0 spiro atoms. The molecule has 0 fully saturated rings. The Hall–Kier alpha value is -4.25. The number of amides is 1. The average Bonchev–Trinajstić information content (AvgIpc) is 2.79. The van der Waals surface area contributed by atoms with Gasteiger partial charge in [0.15, 0.2) is 6.61 Å². The molecule has 0 aliphatic heterocycles. The van der Waals surface area contributed by atoms with Crippen molar-refractivity contribution >= 4 is 39.0 Å². The van der Waals surface area contributed by atoms with Crippen molar-refractivity contribution in [2.24, 2.45) is 0 Å². The maximum Gasteiger partial charge on any atom is 0.340 e. The normalized spacial score (nSPS) is 10.8. The number of para-hydroxylation sites is 2. The summed E-state index contributed by atoms with van der Waals surface area (Å²) in [5.74, 6) is -1.49. The van der Waals surface area contributed by atoms with E-state index in [4.69, 9.17) is 4.74 Å². The zero-order valence-corrected chi connectivity index (χ0v) is 18.2. The Morgan fingerprint density at radius 3 is 2.33 bits per heavy atom. The fraction of sp³-hybridized carbons (Fsp3) is 0.0909. The molecule has 0 unspecified atom stereocenters. The lowest BCUT2D eigenvalue weighted by Crippen LogP contribution is -2.22. The van der Waals surface area contributed by atoms with Crippen LogP contribution in [-0.2, 0) is 19.6 Å². The second-order valence-corrected chi connectivity index (χ2v) is 8.53. The molecule has 0 heterocycles. The number of nitro groups is 1. The first-order chi connectivity index (χ1) is 15.7. The van der Waals surface area contributed by atoms with Gasteiger partial charge in [-0.05, 0) is 36.8 Å². The van der Waals surface area contributed by atoms with Crippen molar-refractivity contribution in [3.05, 3.63) is 94.0 Å². The van der Waals surface area contributed by atoms with Gasteiger partial charge in [0.2, 0.25) is 0 Å². The number of nitro benzene ring substituents is 1. The van der Waals surface area contributed by atoms with Crippen LogP contribution < -0.4 is 10.0 Å². The molecule has 33 heavy (non-hydrogen) atoms. The maximum atomic E-state index is 12.7. The summed E-state index contributed by atoms with van der Waals surface area (Å²) in [6.07, 6.45) is 0. The van der Waals surface area contributed by atoms with Gasteiger partial charge in [0.1, 0.15) is 0 Å². The van der Waals surface area contributed by atoms with Crippen LogP contribution in [-0.4, -0.2) is 31.8 Å². The minimum absolute atomic E-state index is 0.103. The Balaban J connectivity index is 1.72. The smallest absolute Gasteiger partial charge is 0.340 e. The maximum absolute atomic E-state index is 12.7. The van der Waals surface area contributed by atoms with E-state index in [1.807, 2.05) is 19.1 Å². The minimum atomic E-state index is -4.24. The number of esters is 1. The van der Waals surface area contributed by atoms with Gasteiger partial charge < -0.3 is 10.1 Å². The van der Waals surface area contributed by atoms with E-state index in [0.29, 0.717) is 5.69 Å². The number of hydrogen-bond donors (Lipinski definition) is 2. The summed E-state index contributed by atoms with van der Waals surface area (Å²) in [6, 6.07) is 17.2. The van der Waals surface area contributed by atoms with Crippen molar-refractivity contribution in [3.8, 4) is 0 Å². The molecule has 0 saturated carbocycles. The van der Waals surface area contributed by atoms with Crippen LogP contribution in [0.4, 0.5) is 17.1 Å². The SMILES string of the molecule is Cc1ccccc1NC(=O)COC(=O)c1ccccc1NS(=O)(=O)c1cccc([N+](=O)[O-])c1. The lowest BCUT2D eigenvalue weighted by Gasteiger charge is -2.13. The minimum Gasteiger partial charge on any atom is -0.452 e. The number of carbonyl (C=O) groups excluding carboxylic acids is 2. The molecule has 3 aromatic rings. The number of nitrogens with one attached hydrogen (secondary N) is 2. The van der Waals surface area contributed by atoms with Crippen molar-refractivity contribution < 1.29 is 27.7 Å². The van der Waals surface area contributed by atoms with Crippen LogP contribution in [0.5, 0.6) is 0 Å². The molecular formula is C22H19N3O7S. The van der Waals surface area contributed by atoms with E-state index in [-0.39, 0.29) is 16.1 Å². The van der Waals surface area contributed by atoms with E-state index >= 15 is 0 Å². The molecule has 0 atom stereocenters. The zero-order chi connectivity index (χ0) is 24.0. The number of carbonyl (C=O) groups is 2. The van der Waals surface area contributed by atoms with Crippen LogP contribution >= 0.6 is 0 Å². The van der Waals surface area contributed by atoms with Crippen LogP contribution in [0.2, 0.25) is 0 Å². The van der Waals surface area contributed by atoms with Crippen LogP contribution in [0.3, 0.4) is 0 Å². The number of ether oxygens (including phenoxy) is 1. The molecule has 0 aliphatic carbocycles. The van der Waals surface area contributed by atoms with Crippen LogP contribution in [0.15, 0.2) is 77.7 Å². The van der Waals surface area contributed by atoms with Gasteiger partial charge in [0.25, 0.3) is 21.6 Å². The second kappa shape index (κ2) is 9.92. The monoisotopic (exact) mass is 469 g/mol. The lowest BCUT2D eigenvalue weighted by molar-refractivity contribution is -0.385. The molecule has 2 N–H and O–H groups in total. The quantitative estimate of drug-likeness (QED) is 0.292. The van der Waals surface area contributed by atoms with Crippen molar-refractivity contribution in [2.45, 2.75) is 11.8 Å². The van der Waals surface area contributed by atoms with Crippen LogP contribution in [0, 0.1) is 17.0 Å². The van der Waals surface area contributed by atoms with E-state index in [1.54, 1.807) is 12.1 Å². The van der Waals surface area contributed by atoms with Gasteiger partial charge in [-0.15, -0.1) is 0 Å². The summed E-state index contributed by atoms with van der Waals surface area (Å²) in [5.41, 5.74) is 0.774. The van der Waals surface area contributed by atoms with Crippen molar-refractivity contribution in [1.82, 2.24) is 0 Å². The highest BCUT2D eigenvalue weighted by atomic mass is 32.2. The van der Waals surface area contributed by atoms with Gasteiger partial charge in [0.05, 0.1) is 21.1 Å². The lowest BCUT2D eigenvalue weighted by atomic mass is 10.2. The highest BCUT2D eigenvalue weighted by Crippen LogP contribution is 2.23. The fourth-order valence-electron chi connectivity index (χ4n) is 2.83. The summed E-state index contributed by atoms with van der Waals surface area (Å²) >= 11 is 0. The summed E-state index contributed by atoms with van der Waals surface area (Å²) in [6.45, 7) is 1.23. The molecule has 1 amide bonds. The number of anilines is 2. The zero-order valence-electron chi connectivity index (χ0n) is 17.3. The van der Waals surface area contributed by atoms with Gasteiger partial charge in [0, 0.05) is 17.8 Å². The standard InChI is InChI=1S/C22H19N3O7S/c1-15-7-2-4-11-19(15)23-21(26)14-32-22(27)18-10-3-5-12-20(18)24-33(30,31)17-9-6-8-16(13-17)25(28)29/h2-13,24H,14H2,1H3,(H,23,26). The number of nitrogens with zero attached hydrogens (tertiary/aromatic N) is 1. The predicted molar refractivity (Wildman–Crippen MR) is 120 cm³/mol. The Kier molecular flexibility index (Phi) is 7.04. The van der Waals surface area contributed by atoms with Gasteiger partial charge in [-0.2, -0.15) is 0 Å². The first kappa shape index (κ1) is 23.4. The molecule has 0 aliphatic rings. The first-order valence-corrected chi connectivity index (χ1v) is 11.0. The average molecular weight is 469 g/mol. The number of rotatable bonds is 8. The Labute approximate surface area is 189 Å². The molecule has 10 nitrogen and oxygen atoms in total. The number of benzene rings is 3. The van der Waals surface area contributed by atoms with Crippen molar-refractivity contribution in [3.63, 3.8) is 0 Å². The van der Waals surface area contributed by atoms with Gasteiger partial charge >= 0.3 is 5.97 Å². The van der Waals surface area contributed by atoms with E-state index in [9.17, 15) is 28.1 Å². The fourth-order valence-corrected chi connectivity index (χ4v) is 3.95. The van der Waals surface area contributed by atoms with E-state index in [0.717, 1.165) is 17.7 Å². The number of sulfonamides is 1. The Morgan fingerprint density at radius 1 is 0.970 bits per heavy atom. The molecule has 0 radical (unpaired) electrons. The van der Waals surface area contributed by atoms with E-state index in [2.05, 4.69) is 10.0 Å². The molecule has 170 valence electrons. The van der Waals surface area contributed by atoms with Crippen LogP contribution in [0.25, 0.3) is 0 Å². The van der Waals surface area contributed by atoms with Gasteiger partial charge in [-0.3, -0.25) is 19.6 Å². The second-order valence-electron chi connectivity index (χ2n) is 6.84.